The fraction of sp³-hybridized carbons (Fsp3) is 0.938. The summed E-state index contributed by atoms with van der Waals surface area (Å²) >= 11 is 0. The minimum absolute atomic E-state index is 0.0121. The van der Waals surface area contributed by atoms with Crippen LogP contribution in [-0.2, 0) is 0 Å². The molecule has 124 valence electrons. The SMILES string of the molecule is CC(O)CC(C)(C)CNC(=O)N(C)CC1CCCN(C)C1. The van der Waals surface area contributed by atoms with Gasteiger partial charge in [0.05, 0.1) is 6.10 Å². The number of carbonyl (C=O) groups excluding carboxylic acids is 1. The molecule has 5 nitrogen and oxygen atoms in total. The van der Waals surface area contributed by atoms with Crippen LogP contribution in [0, 0.1) is 11.3 Å². The number of hydrogen-bond acceptors (Lipinski definition) is 3. The van der Waals surface area contributed by atoms with Crippen molar-refractivity contribution in [1.82, 2.24) is 15.1 Å². The van der Waals surface area contributed by atoms with Gasteiger partial charge in [-0.05, 0) is 51.1 Å². The van der Waals surface area contributed by atoms with Gasteiger partial charge in [-0.25, -0.2) is 4.79 Å². The van der Waals surface area contributed by atoms with Gasteiger partial charge >= 0.3 is 6.03 Å². The van der Waals surface area contributed by atoms with Gasteiger partial charge in [-0.3, -0.25) is 0 Å². The van der Waals surface area contributed by atoms with E-state index in [1.807, 2.05) is 7.05 Å². The van der Waals surface area contributed by atoms with Crippen LogP contribution in [0.3, 0.4) is 0 Å². The van der Waals surface area contributed by atoms with Crippen LogP contribution in [0.2, 0.25) is 0 Å². The summed E-state index contributed by atoms with van der Waals surface area (Å²) in [5, 5.41) is 12.5. The van der Waals surface area contributed by atoms with Crippen LogP contribution < -0.4 is 5.32 Å². The molecule has 1 heterocycles. The average Bonchev–Trinajstić information content (AvgIpc) is 2.34. The van der Waals surface area contributed by atoms with E-state index in [-0.39, 0.29) is 17.6 Å². The van der Waals surface area contributed by atoms with Crippen molar-refractivity contribution in [3.05, 3.63) is 0 Å². The Hall–Kier alpha value is -0.810. The third-order valence-electron chi connectivity index (χ3n) is 4.17. The summed E-state index contributed by atoms with van der Waals surface area (Å²) in [7, 11) is 4.01. The highest BCUT2D eigenvalue weighted by Gasteiger charge is 2.24. The largest absolute Gasteiger partial charge is 0.393 e. The van der Waals surface area contributed by atoms with E-state index in [1.165, 1.54) is 19.4 Å². The number of nitrogens with zero attached hydrogens (tertiary/aromatic N) is 2. The normalized spacial score (nSPS) is 21.9. The van der Waals surface area contributed by atoms with E-state index in [4.69, 9.17) is 0 Å². The first-order chi connectivity index (χ1) is 9.69. The van der Waals surface area contributed by atoms with Crippen molar-refractivity contribution in [2.24, 2.45) is 11.3 Å². The summed E-state index contributed by atoms with van der Waals surface area (Å²) in [6.07, 6.45) is 2.77. The lowest BCUT2D eigenvalue weighted by Crippen LogP contribution is -2.46. The van der Waals surface area contributed by atoms with Crippen LogP contribution in [0.25, 0.3) is 0 Å². The molecular weight excluding hydrogens is 266 g/mol. The lowest BCUT2D eigenvalue weighted by molar-refractivity contribution is 0.125. The van der Waals surface area contributed by atoms with Gasteiger partial charge in [-0.1, -0.05) is 13.8 Å². The van der Waals surface area contributed by atoms with E-state index < -0.39 is 0 Å². The van der Waals surface area contributed by atoms with Crippen molar-refractivity contribution >= 4 is 6.03 Å². The molecule has 1 rings (SSSR count). The van der Waals surface area contributed by atoms with Crippen LogP contribution in [0.4, 0.5) is 4.79 Å². The molecule has 0 bridgehead atoms. The van der Waals surface area contributed by atoms with Gasteiger partial charge in [0.1, 0.15) is 0 Å². The highest BCUT2D eigenvalue weighted by molar-refractivity contribution is 5.73. The summed E-state index contributed by atoms with van der Waals surface area (Å²) in [4.78, 5) is 16.3. The van der Waals surface area contributed by atoms with E-state index in [2.05, 4.69) is 31.1 Å². The van der Waals surface area contributed by atoms with Gasteiger partial charge < -0.3 is 20.2 Å². The van der Waals surface area contributed by atoms with Crippen LogP contribution in [-0.4, -0.2) is 67.3 Å². The predicted molar refractivity (Wildman–Crippen MR) is 86.3 cm³/mol. The zero-order valence-electron chi connectivity index (χ0n) is 14.4. The molecule has 2 N–H and O–H groups in total. The first-order valence-electron chi connectivity index (χ1n) is 8.05. The lowest BCUT2D eigenvalue weighted by Gasteiger charge is -2.33. The van der Waals surface area contributed by atoms with Gasteiger partial charge in [0, 0.05) is 26.7 Å². The predicted octanol–water partition coefficient (Wildman–Crippen LogP) is 1.77. The summed E-state index contributed by atoms with van der Waals surface area (Å²) in [6, 6.07) is -0.0121. The molecule has 1 aliphatic rings. The molecule has 0 saturated carbocycles. The van der Waals surface area contributed by atoms with Gasteiger partial charge in [-0.15, -0.1) is 0 Å². The number of likely N-dealkylation sites (tertiary alicyclic amines) is 1. The maximum atomic E-state index is 12.2. The van der Waals surface area contributed by atoms with Crippen LogP contribution >= 0.6 is 0 Å². The molecule has 1 saturated heterocycles. The molecule has 0 radical (unpaired) electrons. The first kappa shape index (κ1) is 18.2. The van der Waals surface area contributed by atoms with E-state index in [0.29, 0.717) is 18.9 Å². The molecule has 2 unspecified atom stereocenters. The Labute approximate surface area is 129 Å². The van der Waals surface area contributed by atoms with Crippen LogP contribution in [0.5, 0.6) is 0 Å². The van der Waals surface area contributed by atoms with E-state index in [9.17, 15) is 9.90 Å². The lowest BCUT2D eigenvalue weighted by atomic mass is 9.87. The number of aliphatic hydroxyl groups is 1. The van der Waals surface area contributed by atoms with E-state index >= 15 is 0 Å². The second-order valence-corrected chi connectivity index (χ2v) is 7.53. The highest BCUT2D eigenvalue weighted by Crippen LogP contribution is 2.21. The van der Waals surface area contributed by atoms with Crippen molar-refractivity contribution in [3.63, 3.8) is 0 Å². The Morgan fingerprint density at radius 1 is 1.52 bits per heavy atom. The molecule has 1 fully saturated rings. The first-order valence-corrected chi connectivity index (χ1v) is 8.05. The second-order valence-electron chi connectivity index (χ2n) is 7.53. The maximum Gasteiger partial charge on any atom is 0.317 e. The minimum Gasteiger partial charge on any atom is -0.393 e. The van der Waals surface area contributed by atoms with Crippen molar-refractivity contribution in [2.45, 2.75) is 46.1 Å². The van der Waals surface area contributed by atoms with Crippen LogP contribution in [0.1, 0.15) is 40.0 Å². The molecule has 0 aromatic heterocycles. The average molecular weight is 299 g/mol. The monoisotopic (exact) mass is 299 g/mol. The molecule has 0 aliphatic carbocycles. The molecule has 2 atom stereocenters. The summed E-state index contributed by atoms with van der Waals surface area (Å²) in [5.41, 5.74) is -0.0876. The number of piperidine rings is 1. The number of carbonyl (C=O) groups is 1. The third kappa shape index (κ3) is 7.14. The van der Waals surface area contributed by atoms with E-state index in [0.717, 1.165) is 13.1 Å². The summed E-state index contributed by atoms with van der Waals surface area (Å²) in [6.45, 7) is 9.56. The van der Waals surface area contributed by atoms with Gasteiger partial charge in [0.2, 0.25) is 0 Å². The Morgan fingerprint density at radius 3 is 2.76 bits per heavy atom. The van der Waals surface area contributed by atoms with Gasteiger partial charge in [-0.2, -0.15) is 0 Å². The molecule has 21 heavy (non-hydrogen) atoms. The quantitative estimate of drug-likeness (QED) is 0.786. The molecule has 0 aromatic rings. The summed E-state index contributed by atoms with van der Waals surface area (Å²) < 4.78 is 0. The molecule has 0 aromatic carbocycles. The second kappa shape index (κ2) is 7.99. The van der Waals surface area contributed by atoms with Gasteiger partial charge in [0.25, 0.3) is 0 Å². The van der Waals surface area contributed by atoms with Crippen molar-refractivity contribution < 1.29 is 9.90 Å². The fourth-order valence-corrected chi connectivity index (χ4v) is 3.21. The number of urea groups is 1. The van der Waals surface area contributed by atoms with E-state index in [1.54, 1.807) is 11.8 Å². The highest BCUT2D eigenvalue weighted by atomic mass is 16.3. The van der Waals surface area contributed by atoms with Crippen LogP contribution in [0.15, 0.2) is 0 Å². The Morgan fingerprint density at radius 2 is 2.19 bits per heavy atom. The Bertz CT molecular complexity index is 331. The summed E-state index contributed by atoms with van der Waals surface area (Å²) in [5.74, 6) is 0.574. The smallest absolute Gasteiger partial charge is 0.317 e. The molecule has 0 spiro atoms. The van der Waals surface area contributed by atoms with Gasteiger partial charge in [0.15, 0.2) is 0 Å². The number of aliphatic hydroxyl groups excluding tert-OH is 1. The van der Waals surface area contributed by atoms with Crippen molar-refractivity contribution in [3.8, 4) is 0 Å². The van der Waals surface area contributed by atoms with Crippen molar-refractivity contribution in [1.29, 1.82) is 0 Å². The number of amides is 2. The molecular formula is C16H33N3O2. The Balaban J connectivity index is 2.33. The Kier molecular flexibility index (Phi) is 6.94. The molecule has 1 aliphatic heterocycles. The minimum atomic E-state index is -0.340. The number of rotatable bonds is 6. The molecule has 5 heteroatoms. The molecule has 2 amide bonds. The zero-order valence-corrected chi connectivity index (χ0v) is 14.4. The zero-order chi connectivity index (χ0) is 16.0. The topological polar surface area (TPSA) is 55.8 Å². The number of hydrogen-bond donors (Lipinski definition) is 2. The fourth-order valence-electron chi connectivity index (χ4n) is 3.21. The number of nitrogens with one attached hydrogen (secondary N) is 1. The maximum absolute atomic E-state index is 12.2. The van der Waals surface area contributed by atoms with Crippen molar-refractivity contribution in [2.75, 3.05) is 40.3 Å². The third-order valence-corrected chi connectivity index (χ3v) is 4.17. The standard InChI is InChI=1S/C16H33N3O2/c1-13(20)9-16(2,3)12-17-15(21)19(5)11-14-7-6-8-18(4)10-14/h13-14,20H,6-12H2,1-5H3,(H,17,21).